The summed E-state index contributed by atoms with van der Waals surface area (Å²) in [4.78, 5) is 6.59. The van der Waals surface area contributed by atoms with Crippen molar-refractivity contribution in [2.45, 2.75) is 38.4 Å². The minimum Gasteiger partial charge on any atom is -0.357 e. The molecule has 0 aromatic carbocycles. The van der Waals surface area contributed by atoms with Crippen molar-refractivity contribution in [3.05, 3.63) is 0 Å². The number of aliphatic imine (C=N–C) groups is 1. The highest BCUT2D eigenvalue weighted by Gasteiger charge is 2.26. The van der Waals surface area contributed by atoms with Crippen molar-refractivity contribution >= 4 is 29.9 Å². The summed E-state index contributed by atoms with van der Waals surface area (Å²) in [5, 5.41) is 5.68. The quantitative estimate of drug-likeness (QED) is 0.417. The van der Waals surface area contributed by atoms with E-state index in [1.54, 1.807) is 0 Å². The average molecular weight is 408 g/mol. The van der Waals surface area contributed by atoms with Gasteiger partial charge in [0.25, 0.3) is 0 Å². The van der Waals surface area contributed by atoms with Crippen molar-refractivity contribution in [2.24, 2.45) is 4.99 Å². The van der Waals surface area contributed by atoms with Crippen LogP contribution in [-0.2, 0) is 0 Å². The SMILES string of the molecule is CCNC(=NCC1CCCN1C)NCCC(F)(F)F.I. The Bertz CT molecular complexity index is 297. The second-order valence-corrected chi connectivity index (χ2v) is 4.79. The lowest BCUT2D eigenvalue weighted by Gasteiger charge is -2.18. The van der Waals surface area contributed by atoms with E-state index >= 15 is 0 Å². The first kappa shape index (κ1) is 19.8. The topological polar surface area (TPSA) is 39.7 Å². The number of hydrogen-bond acceptors (Lipinski definition) is 2. The maximum Gasteiger partial charge on any atom is 0.390 e. The molecule has 0 aromatic heterocycles. The maximum absolute atomic E-state index is 12.1. The van der Waals surface area contributed by atoms with Crippen molar-refractivity contribution in [1.29, 1.82) is 0 Å². The Morgan fingerprint density at radius 3 is 2.55 bits per heavy atom. The zero-order chi connectivity index (χ0) is 14.3. The van der Waals surface area contributed by atoms with Gasteiger partial charge in [0.05, 0.1) is 13.0 Å². The Labute approximate surface area is 135 Å². The van der Waals surface area contributed by atoms with Gasteiger partial charge in [0.1, 0.15) is 0 Å². The van der Waals surface area contributed by atoms with Crippen LogP contribution in [0.5, 0.6) is 0 Å². The fraction of sp³-hybridized carbons (Fsp3) is 0.917. The fourth-order valence-electron chi connectivity index (χ4n) is 2.07. The second-order valence-electron chi connectivity index (χ2n) is 4.79. The van der Waals surface area contributed by atoms with Crippen LogP contribution in [0.2, 0.25) is 0 Å². The molecule has 20 heavy (non-hydrogen) atoms. The lowest BCUT2D eigenvalue weighted by atomic mass is 10.2. The number of alkyl halides is 3. The minimum absolute atomic E-state index is 0. The van der Waals surface area contributed by atoms with Crippen LogP contribution in [0.1, 0.15) is 26.2 Å². The number of hydrogen-bond donors (Lipinski definition) is 2. The van der Waals surface area contributed by atoms with Gasteiger partial charge in [-0.15, -0.1) is 24.0 Å². The zero-order valence-corrected chi connectivity index (χ0v) is 14.3. The minimum atomic E-state index is -4.13. The smallest absolute Gasteiger partial charge is 0.357 e. The highest BCUT2D eigenvalue weighted by Crippen LogP contribution is 2.18. The summed E-state index contributed by atoms with van der Waals surface area (Å²) >= 11 is 0. The Kier molecular flexibility index (Phi) is 9.52. The van der Waals surface area contributed by atoms with E-state index < -0.39 is 12.6 Å². The number of halogens is 4. The van der Waals surface area contributed by atoms with Gasteiger partial charge in [0.15, 0.2) is 5.96 Å². The lowest BCUT2D eigenvalue weighted by molar-refractivity contribution is -0.132. The summed E-state index contributed by atoms with van der Waals surface area (Å²) in [5.74, 6) is 0.465. The monoisotopic (exact) mass is 408 g/mol. The summed E-state index contributed by atoms with van der Waals surface area (Å²) in [6.45, 7) is 4.08. The first-order valence-corrected chi connectivity index (χ1v) is 6.71. The molecule has 1 heterocycles. The fourth-order valence-corrected chi connectivity index (χ4v) is 2.07. The molecule has 0 amide bonds. The van der Waals surface area contributed by atoms with Gasteiger partial charge in [0, 0.05) is 19.1 Å². The molecule has 0 saturated carbocycles. The second kappa shape index (κ2) is 9.64. The van der Waals surface area contributed by atoms with Crippen molar-refractivity contribution in [3.63, 3.8) is 0 Å². The first-order chi connectivity index (χ1) is 8.92. The van der Waals surface area contributed by atoms with Gasteiger partial charge in [-0.05, 0) is 33.4 Å². The molecule has 2 N–H and O–H groups in total. The molecule has 1 aliphatic heterocycles. The van der Waals surface area contributed by atoms with Gasteiger partial charge in [0.2, 0.25) is 0 Å². The van der Waals surface area contributed by atoms with Crippen LogP contribution >= 0.6 is 24.0 Å². The summed E-state index contributed by atoms with van der Waals surface area (Å²) in [5.41, 5.74) is 0. The van der Waals surface area contributed by atoms with E-state index in [-0.39, 0.29) is 30.5 Å². The van der Waals surface area contributed by atoms with Crippen LogP contribution in [0.4, 0.5) is 13.2 Å². The molecule has 0 bridgehead atoms. The molecule has 4 nitrogen and oxygen atoms in total. The number of likely N-dealkylation sites (N-methyl/N-ethyl adjacent to an activating group) is 1. The Balaban J connectivity index is 0.00000361. The van der Waals surface area contributed by atoms with E-state index in [4.69, 9.17) is 0 Å². The third-order valence-electron chi connectivity index (χ3n) is 3.18. The number of rotatable bonds is 5. The van der Waals surface area contributed by atoms with E-state index in [0.29, 0.717) is 25.1 Å². The van der Waals surface area contributed by atoms with E-state index in [9.17, 15) is 13.2 Å². The lowest BCUT2D eigenvalue weighted by Crippen LogP contribution is -2.40. The molecule has 120 valence electrons. The van der Waals surface area contributed by atoms with Crippen LogP contribution < -0.4 is 10.6 Å². The highest BCUT2D eigenvalue weighted by atomic mass is 127. The van der Waals surface area contributed by atoms with Gasteiger partial charge in [-0.25, -0.2) is 0 Å². The summed E-state index contributed by atoms with van der Waals surface area (Å²) in [6.07, 6.45) is -2.71. The Morgan fingerprint density at radius 2 is 2.05 bits per heavy atom. The molecule has 0 aliphatic carbocycles. The predicted octanol–water partition coefficient (Wildman–Crippen LogP) is 2.21. The normalized spacial score (nSPS) is 20.6. The van der Waals surface area contributed by atoms with Crippen LogP contribution in [0, 0.1) is 0 Å². The predicted molar refractivity (Wildman–Crippen MR) is 85.7 cm³/mol. The van der Waals surface area contributed by atoms with Crippen molar-refractivity contribution in [1.82, 2.24) is 15.5 Å². The third-order valence-corrected chi connectivity index (χ3v) is 3.18. The van der Waals surface area contributed by atoms with Gasteiger partial charge in [-0.3, -0.25) is 4.99 Å². The van der Waals surface area contributed by atoms with Crippen LogP contribution in [0.3, 0.4) is 0 Å². The molecule has 0 spiro atoms. The largest absolute Gasteiger partial charge is 0.390 e. The summed E-state index contributed by atoms with van der Waals surface area (Å²) < 4.78 is 36.2. The van der Waals surface area contributed by atoms with Gasteiger partial charge in [-0.2, -0.15) is 13.2 Å². The molecule has 1 atom stereocenters. The molecule has 1 saturated heterocycles. The molecule has 1 rings (SSSR count). The standard InChI is InChI=1S/C12H23F3N4.HI/c1-3-16-11(17-7-6-12(13,14)15)18-9-10-5-4-8-19(10)2;/h10H,3-9H2,1-2H3,(H2,16,17,18);1H. The van der Waals surface area contributed by atoms with Crippen molar-refractivity contribution in [2.75, 3.05) is 33.2 Å². The van der Waals surface area contributed by atoms with Gasteiger partial charge >= 0.3 is 6.18 Å². The molecule has 0 radical (unpaired) electrons. The summed E-state index contributed by atoms with van der Waals surface area (Å²) in [7, 11) is 2.05. The van der Waals surface area contributed by atoms with E-state index in [0.717, 1.165) is 19.4 Å². The summed E-state index contributed by atoms with van der Waals surface area (Å²) in [6, 6.07) is 0.401. The van der Waals surface area contributed by atoms with E-state index in [2.05, 4.69) is 27.6 Å². The van der Waals surface area contributed by atoms with E-state index in [1.165, 1.54) is 0 Å². The van der Waals surface area contributed by atoms with Crippen LogP contribution in [-0.4, -0.2) is 56.3 Å². The van der Waals surface area contributed by atoms with Crippen LogP contribution in [0.25, 0.3) is 0 Å². The number of likely N-dealkylation sites (tertiary alicyclic amines) is 1. The molecule has 8 heteroatoms. The zero-order valence-electron chi connectivity index (χ0n) is 12.0. The maximum atomic E-state index is 12.1. The first-order valence-electron chi connectivity index (χ1n) is 6.71. The molecule has 1 aliphatic rings. The Hall–Kier alpha value is -0.250. The molecule has 1 fully saturated rings. The molecule has 1 unspecified atom stereocenters. The van der Waals surface area contributed by atoms with Crippen molar-refractivity contribution in [3.8, 4) is 0 Å². The number of nitrogens with one attached hydrogen (secondary N) is 2. The number of guanidine groups is 1. The molecule has 0 aromatic rings. The number of nitrogens with zero attached hydrogens (tertiary/aromatic N) is 2. The van der Waals surface area contributed by atoms with Crippen molar-refractivity contribution < 1.29 is 13.2 Å². The third kappa shape index (κ3) is 8.13. The Morgan fingerprint density at radius 1 is 1.35 bits per heavy atom. The average Bonchev–Trinajstić information content (AvgIpc) is 2.70. The van der Waals surface area contributed by atoms with E-state index in [1.807, 2.05) is 6.92 Å². The molecular weight excluding hydrogens is 384 g/mol. The highest BCUT2D eigenvalue weighted by molar-refractivity contribution is 14.0. The molecular formula is C12H24F3IN4. The van der Waals surface area contributed by atoms with Gasteiger partial charge in [-0.1, -0.05) is 0 Å². The van der Waals surface area contributed by atoms with Crippen LogP contribution in [0.15, 0.2) is 4.99 Å². The van der Waals surface area contributed by atoms with Gasteiger partial charge < -0.3 is 15.5 Å².